The highest BCUT2D eigenvalue weighted by atomic mass is 16.5. The van der Waals surface area contributed by atoms with Crippen LogP contribution in [0.15, 0.2) is 18.2 Å². The van der Waals surface area contributed by atoms with Crippen LogP contribution in [-0.4, -0.2) is 87.4 Å². The summed E-state index contributed by atoms with van der Waals surface area (Å²) in [6.45, 7) is 10.5. The molecule has 0 aliphatic carbocycles. The van der Waals surface area contributed by atoms with Gasteiger partial charge in [-0.15, -0.1) is 0 Å². The predicted molar refractivity (Wildman–Crippen MR) is 132 cm³/mol. The van der Waals surface area contributed by atoms with Crippen molar-refractivity contribution in [1.82, 2.24) is 9.80 Å². The van der Waals surface area contributed by atoms with Crippen molar-refractivity contribution in [3.05, 3.63) is 23.8 Å². The summed E-state index contributed by atoms with van der Waals surface area (Å²) in [6.07, 6.45) is 2.40. The van der Waals surface area contributed by atoms with Gasteiger partial charge in [0.15, 0.2) is 0 Å². The molecule has 1 N–H and O–H groups in total. The molecule has 1 aromatic carbocycles. The second-order valence-electron chi connectivity index (χ2n) is 9.68. The second kappa shape index (κ2) is 12.5. The zero-order valence-corrected chi connectivity index (χ0v) is 21.3. The number of carbonyl (C=O) groups excluding carboxylic acids is 2. The van der Waals surface area contributed by atoms with E-state index < -0.39 is 0 Å². The van der Waals surface area contributed by atoms with Gasteiger partial charge in [0.2, 0.25) is 5.91 Å². The number of carbonyl (C=O) groups is 2. The lowest BCUT2D eigenvalue weighted by atomic mass is 9.99. The maximum Gasteiger partial charge on any atom is 0.257 e. The molecule has 1 saturated heterocycles. The Morgan fingerprint density at radius 1 is 1.21 bits per heavy atom. The predicted octanol–water partition coefficient (Wildman–Crippen LogP) is 3.27. The van der Waals surface area contributed by atoms with E-state index >= 15 is 0 Å². The van der Waals surface area contributed by atoms with Gasteiger partial charge in [0, 0.05) is 58.1 Å². The van der Waals surface area contributed by atoms with E-state index in [1.807, 2.05) is 6.07 Å². The summed E-state index contributed by atoms with van der Waals surface area (Å²) in [5.74, 6) is 0.532. The lowest BCUT2D eigenvalue weighted by Gasteiger charge is -2.35. The second-order valence-corrected chi connectivity index (χ2v) is 9.68. The fourth-order valence-electron chi connectivity index (χ4n) is 4.73. The van der Waals surface area contributed by atoms with Crippen molar-refractivity contribution in [2.24, 2.45) is 11.8 Å². The molecule has 2 aliphatic rings. The van der Waals surface area contributed by atoms with Gasteiger partial charge in [-0.2, -0.15) is 0 Å². The van der Waals surface area contributed by atoms with Crippen LogP contribution in [0.2, 0.25) is 0 Å². The minimum Gasteiger partial charge on any atom is -0.491 e. The molecule has 3 rings (SSSR count). The van der Waals surface area contributed by atoms with E-state index in [0.717, 1.165) is 19.5 Å². The maximum absolute atomic E-state index is 13.5. The fraction of sp³-hybridized carbons (Fsp3) is 0.692. The number of hydrogen-bond acceptors (Lipinski definition) is 6. The van der Waals surface area contributed by atoms with Crippen molar-refractivity contribution in [2.75, 3.05) is 58.9 Å². The van der Waals surface area contributed by atoms with Crippen molar-refractivity contribution in [3.8, 4) is 5.75 Å². The summed E-state index contributed by atoms with van der Waals surface area (Å²) in [5, 5.41) is 2.99. The molecule has 0 radical (unpaired) electrons. The highest BCUT2D eigenvalue weighted by Gasteiger charge is 2.28. The van der Waals surface area contributed by atoms with Crippen LogP contribution in [0.3, 0.4) is 0 Å². The Morgan fingerprint density at radius 2 is 1.94 bits per heavy atom. The average molecular weight is 476 g/mol. The number of methoxy groups -OCH3 is 1. The van der Waals surface area contributed by atoms with Crippen molar-refractivity contribution in [2.45, 2.75) is 52.2 Å². The Balaban J connectivity index is 1.87. The first-order chi connectivity index (χ1) is 16.3. The van der Waals surface area contributed by atoms with Gasteiger partial charge >= 0.3 is 0 Å². The molecular weight excluding hydrogens is 434 g/mol. The van der Waals surface area contributed by atoms with E-state index in [4.69, 9.17) is 14.2 Å². The Labute approximate surface area is 203 Å². The highest BCUT2D eigenvalue weighted by molar-refractivity contribution is 5.99. The van der Waals surface area contributed by atoms with E-state index in [2.05, 4.69) is 31.0 Å². The van der Waals surface area contributed by atoms with Gasteiger partial charge in [-0.25, -0.2) is 0 Å². The third-order valence-corrected chi connectivity index (χ3v) is 6.94. The van der Waals surface area contributed by atoms with Crippen LogP contribution in [0.5, 0.6) is 5.75 Å². The molecular formula is C26H41N3O5. The van der Waals surface area contributed by atoms with Crippen molar-refractivity contribution in [3.63, 3.8) is 0 Å². The van der Waals surface area contributed by atoms with Crippen LogP contribution in [0.1, 0.15) is 50.4 Å². The number of ether oxygens (including phenoxy) is 3. The molecule has 1 fully saturated rings. The number of benzene rings is 1. The monoisotopic (exact) mass is 475 g/mol. The Morgan fingerprint density at radius 3 is 2.62 bits per heavy atom. The summed E-state index contributed by atoms with van der Waals surface area (Å²) >= 11 is 0. The Hall–Kier alpha value is -2.16. The highest BCUT2D eigenvalue weighted by Crippen LogP contribution is 2.27. The van der Waals surface area contributed by atoms with Crippen molar-refractivity contribution in [1.29, 1.82) is 0 Å². The van der Waals surface area contributed by atoms with E-state index in [9.17, 15) is 9.59 Å². The third-order valence-electron chi connectivity index (χ3n) is 6.94. The first-order valence-corrected chi connectivity index (χ1v) is 12.5. The van der Waals surface area contributed by atoms with E-state index in [1.54, 1.807) is 31.2 Å². The molecule has 0 bridgehead atoms. The maximum atomic E-state index is 13.5. The molecule has 3 atom stereocenters. The van der Waals surface area contributed by atoms with Gasteiger partial charge in [-0.05, 0) is 56.8 Å². The first-order valence-electron chi connectivity index (χ1n) is 12.5. The summed E-state index contributed by atoms with van der Waals surface area (Å²) in [6, 6.07) is 5.52. The minimum atomic E-state index is -0.148. The molecule has 0 unspecified atom stereocenters. The summed E-state index contributed by atoms with van der Waals surface area (Å²) in [4.78, 5) is 30.3. The van der Waals surface area contributed by atoms with E-state index in [0.29, 0.717) is 56.2 Å². The third kappa shape index (κ3) is 6.71. The molecule has 0 spiro atoms. The van der Waals surface area contributed by atoms with Crippen molar-refractivity contribution < 1.29 is 23.8 Å². The largest absolute Gasteiger partial charge is 0.491 e. The number of anilines is 1. The topological polar surface area (TPSA) is 80.3 Å². The van der Waals surface area contributed by atoms with Crippen molar-refractivity contribution >= 4 is 17.5 Å². The molecule has 2 heterocycles. The van der Waals surface area contributed by atoms with Crippen LogP contribution in [0.4, 0.5) is 5.69 Å². The number of amides is 2. The van der Waals surface area contributed by atoms with Crippen LogP contribution in [-0.2, 0) is 14.3 Å². The van der Waals surface area contributed by atoms with E-state index in [1.165, 1.54) is 0 Å². The average Bonchev–Trinajstić information content (AvgIpc) is 2.85. The lowest BCUT2D eigenvalue weighted by molar-refractivity contribution is -0.122. The minimum absolute atomic E-state index is 0.0322. The number of nitrogens with zero attached hydrogens (tertiary/aromatic N) is 2. The van der Waals surface area contributed by atoms with Gasteiger partial charge in [-0.1, -0.05) is 13.8 Å². The molecule has 34 heavy (non-hydrogen) atoms. The Kier molecular flexibility index (Phi) is 9.74. The number of nitrogens with one attached hydrogen (secondary N) is 1. The van der Waals surface area contributed by atoms with Gasteiger partial charge < -0.3 is 24.4 Å². The number of rotatable bonds is 5. The SMILES string of the molecule is CCCN1C[C@@H](C)[C@@H](OC)CN(C)C(=O)c2cc(NC(=O)C3CCOCC3)ccc2OC[C@@H]1C. The first kappa shape index (κ1) is 26.4. The van der Waals surface area contributed by atoms with Crippen LogP contribution in [0, 0.1) is 11.8 Å². The quantitative estimate of drug-likeness (QED) is 0.704. The zero-order chi connectivity index (χ0) is 24.7. The molecule has 2 amide bonds. The number of hydrogen-bond donors (Lipinski definition) is 1. The van der Waals surface area contributed by atoms with Crippen LogP contribution in [0.25, 0.3) is 0 Å². The van der Waals surface area contributed by atoms with Gasteiger partial charge in [0.1, 0.15) is 12.4 Å². The summed E-state index contributed by atoms with van der Waals surface area (Å²) in [5.41, 5.74) is 1.05. The van der Waals surface area contributed by atoms with Crippen LogP contribution >= 0.6 is 0 Å². The zero-order valence-electron chi connectivity index (χ0n) is 21.3. The summed E-state index contributed by atoms with van der Waals surface area (Å²) < 4.78 is 17.3. The smallest absolute Gasteiger partial charge is 0.257 e. The summed E-state index contributed by atoms with van der Waals surface area (Å²) in [7, 11) is 3.50. The molecule has 8 nitrogen and oxygen atoms in total. The molecule has 2 aliphatic heterocycles. The number of fused-ring (bicyclic) bond motifs is 1. The van der Waals surface area contributed by atoms with Gasteiger partial charge in [0.25, 0.3) is 5.91 Å². The van der Waals surface area contributed by atoms with E-state index in [-0.39, 0.29) is 35.8 Å². The van der Waals surface area contributed by atoms with Gasteiger partial charge in [0.05, 0.1) is 11.7 Å². The standard InChI is InChI=1S/C26H41N3O5/c1-6-11-29-15-18(2)24(32-5)16-28(4)26(31)22-14-21(7-8-23(22)34-17-19(29)3)27-25(30)20-9-12-33-13-10-20/h7-8,14,18-20,24H,6,9-13,15-17H2,1-5H3,(H,27,30)/t18-,19+,24+/m1/s1. The number of likely N-dealkylation sites (N-methyl/N-ethyl adjacent to an activating group) is 1. The molecule has 1 aromatic rings. The fourth-order valence-corrected chi connectivity index (χ4v) is 4.73. The molecule has 8 heteroatoms. The van der Waals surface area contributed by atoms with Gasteiger partial charge in [-0.3, -0.25) is 14.5 Å². The normalized spacial score (nSPS) is 25.6. The van der Waals surface area contributed by atoms with Crippen LogP contribution < -0.4 is 10.1 Å². The molecule has 0 aromatic heterocycles. The Bertz CT molecular complexity index is 827. The molecule has 190 valence electrons. The lowest BCUT2D eigenvalue weighted by Crippen LogP contribution is -2.46. The molecule has 0 saturated carbocycles.